The van der Waals surface area contributed by atoms with Gasteiger partial charge < -0.3 is 10.6 Å². The van der Waals surface area contributed by atoms with Crippen molar-refractivity contribution < 1.29 is 4.79 Å². The van der Waals surface area contributed by atoms with Gasteiger partial charge in [-0.1, -0.05) is 35.5 Å². The first kappa shape index (κ1) is 17.4. The highest BCUT2D eigenvalue weighted by molar-refractivity contribution is 5.92. The summed E-state index contributed by atoms with van der Waals surface area (Å²) in [5.41, 5.74) is 1.45. The summed E-state index contributed by atoms with van der Waals surface area (Å²) in [5.74, 6) is -0.184. The lowest BCUT2D eigenvalue weighted by Crippen LogP contribution is -2.29. The van der Waals surface area contributed by atoms with Crippen molar-refractivity contribution in [2.24, 2.45) is 0 Å². The smallest absolute Gasteiger partial charge is 0.273 e. The molecule has 1 atom stereocenters. The fourth-order valence-electron chi connectivity index (χ4n) is 2.73. The topological polar surface area (TPSA) is 71.8 Å². The normalized spacial score (nSPS) is 16.4. The summed E-state index contributed by atoms with van der Waals surface area (Å²) in [7, 11) is 0. The summed E-state index contributed by atoms with van der Waals surface area (Å²) >= 11 is 0. The van der Waals surface area contributed by atoms with E-state index in [9.17, 15) is 4.79 Å². The SMILES string of the molecule is C[C@@H](NC(=O)c1cn(C2CCNCC2)nn1)c1ccccc1.Cl. The van der Waals surface area contributed by atoms with Gasteiger partial charge in [0.2, 0.25) is 0 Å². The lowest BCUT2D eigenvalue weighted by atomic mass is 10.1. The van der Waals surface area contributed by atoms with Crippen LogP contribution >= 0.6 is 12.4 Å². The predicted octanol–water partition coefficient (Wildman–Crippen LogP) is 2.12. The first-order chi connectivity index (χ1) is 10.7. The third-order valence-electron chi connectivity index (χ3n) is 4.07. The van der Waals surface area contributed by atoms with Crippen LogP contribution in [-0.2, 0) is 0 Å². The number of amides is 1. The number of nitrogens with zero attached hydrogens (tertiary/aromatic N) is 3. The standard InChI is InChI=1S/C16H21N5O.ClH/c1-12(13-5-3-2-4-6-13)18-16(22)15-11-21(20-19-15)14-7-9-17-10-8-14;/h2-6,11-12,14,17H,7-10H2,1H3,(H,18,22);1H/t12-;/m1./s1. The number of hydrogen-bond donors (Lipinski definition) is 2. The summed E-state index contributed by atoms with van der Waals surface area (Å²) in [6, 6.07) is 10.2. The van der Waals surface area contributed by atoms with Crippen LogP contribution in [-0.4, -0.2) is 34.0 Å². The Balaban J connectivity index is 0.00000192. The zero-order valence-corrected chi connectivity index (χ0v) is 13.9. The van der Waals surface area contributed by atoms with E-state index in [4.69, 9.17) is 0 Å². The van der Waals surface area contributed by atoms with Gasteiger partial charge in [-0.15, -0.1) is 17.5 Å². The van der Waals surface area contributed by atoms with E-state index in [1.807, 2.05) is 41.9 Å². The summed E-state index contributed by atoms with van der Waals surface area (Å²) in [5, 5.41) is 14.4. The lowest BCUT2D eigenvalue weighted by molar-refractivity contribution is 0.0934. The Morgan fingerprint density at radius 1 is 1.30 bits per heavy atom. The molecule has 3 rings (SSSR count). The van der Waals surface area contributed by atoms with Crippen LogP contribution in [0.25, 0.3) is 0 Å². The summed E-state index contributed by atoms with van der Waals surface area (Å²) in [6.45, 7) is 3.93. The Morgan fingerprint density at radius 2 is 2.00 bits per heavy atom. The Kier molecular flexibility index (Phi) is 6.12. The molecule has 0 unspecified atom stereocenters. The van der Waals surface area contributed by atoms with E-state index < -0.39 is 0 Å². The molecular formula is C16H22ClN5O. The quantitative estimate of drug-likeness (QED) is 0.897. The largest absolute Gasteiger partial charge is 0.344 e. The summed E-state index contributed by atoms with van der Waals surface area (Å²) in [4.78, 5) is 12.3. The molecule has 1 saturated heterocycles. The van der Waals surface area contributed by atoms with Crippen LogP contribution in [0, 0.1) is 0 Å². The molecule has 1 aromatic heterocycles. The first-order valence-electron chi connectivity index (χ1n) is 7.72. The van der Waals surface area contributed by atoms with Crippen LogP contribution in [0.15, 0.2) is 36.5 Å². The van der Waals surface area contributed by atoms with E-state index in [1.165, 1.54) is 0 Å². The van der Waals surface area contributed by atoms with Crippen molar-refractivity contribution in [3.05, 3.63) is 47.8 Å². The fourth-order valence-corrected chi connectivity index (χ4v) is 2.73. The van der Waals surface area contributed by atoms with E-state index in [0.717, 1.165) is 31.5 Å². The van der Waals surface area contributed by atoms with E-state index in [-0.39, 0.29) is 24.4 Å². The molecule has 0 spiro atoms. The van der Waals surface area contributed by atoms with Gasteiger partial charge in [0.25, 0.3) is 5.91 Å². The molecule has 6 nitrogen and oxygen atoms in total. The molecule has 0 radical (unpaired) electrons. The Morgan fingerprint density at radius 3 is 2.70 bits per heavy atom. The maximum absolute atomic E-state index is 12.3. The minimum atomic E-state index is -0.184. The highest BCUT2D eigenvalue weighted by Crippen LogP contribution is 2.17. The first-order valence-corrected chi connectivity index (χ1v) is 7.72. The summed E-state index contributed by atoms with van der Waals surface area (Å²) in [6.07, 6.45) is 3.79. The van der Waals surface area contributed by atoms with Crippen molar-refractivity contribution in [3.8, 4) is 0 Å². The minimum absolute atomic E-state index is 0. The average Bonchev–Trinajstić information content (AvgIpc) is 3.06. The molecule has 1 aromatic carbocycles. The predicted molar refractivity (Wildman–Crippen MR) is 90.7 cm³/mol. The summed E-state index contributed by atoms with van der Waals surface area (Å²) < 4.78 is 1.82. The van der Waals surface area contributed by atoms with E-state index in [1.54, 1.807) is 6.20 Å². The molecule has 0 aliphatic carbocycles. The van der Waals surface area contributed by atoms with Crippen LogP contribution < -0.4 is 10.6 Å². The molecule has 0 saturated carbocycles. The molecule has 124 valence electrons. The molecule has 1 amide bonds. The number of carbonyl (C=O) groups excluding carboxylic acids is 1. The van der Waals surface area contributed by atoms with Crippen molar-refractivity contribution in [2.45, 2.75) is 31.8 Å². The molecule has 1 aliphatic rings. The number of rotatable bonds is 4. The molecular weight excluding hydrogens is 314 g/mol. The number of aromatic nitrogens is 3. The van der Waals surface area contributed by atoms with E-state index in [2.05, 4.69) is 20.9 Å². The second-order valence-corrected chi connectivity index (χ2v) is 5.67. The number of benzene rings is 1. The van der Waals surface area contributed by atoms with E-state index >= 15 is 0 Å². The minimum Gasteiger partial charge on any atom is -0.344 e. The Labute approximate surface area is 142 Å². The number of halogens is 1. The second kappa shape index (κ2) is 8.08. The highest BCUT2D eigenvalue weighted by atomic mass is 35.5. The highest BCUT2D eigenvalue weighted by Gasteiger charge is 2.19. The van der Waals surface area contributed by atoms with Gasteiger partial charge in [-0.05, 0) is 38.4 Å². The third kappa shape index (κ3) is 4.30. The molecule has 7 heteroatoms. The van der Waals surface area contributed by atoms with E-state index in [0.29, 0.717) is 11.7 Å². The van der Waals surface area contributed by atoms with Gasteiger partial charge in [-0.3, -0.25) is 4.79 Å². The van der Waals surface area contributed by atoms with Crippen LogP contribution in [0.1, 0.15) is 47.9 Å². The van der Waals surface area contributed by atoms with Gasteiger partial charge in [-0.2, -0.15) is 0 Å². The Bertz CT molecular complexity index is 624. The van der Waals surface area contributed by atoms with Crippen molar-refractivity contribution in [1.82, 2.24) is 25.6 Å². The molecule has 1 fully saturated rings. The van der Waals surface area contributed by atoms with Crippen LogP contribution in [0.5, 0.6) is 0 Å². The Hall–Kier alpha value is -1.92. The second-order valence-electron chi connectivity index (χ2n) is 5.67. The number of hydrogen-bond acceptors (Lipinski definition) is 4. The van der Waals surface area contributed by atoms with Crippen molar-refractivity contribution in [1.29, 1.82) is 0 Å². The van der Waals surface area contributed by atoms with Gasteiger partial charge >= 0.3 is 0 Å². The zero-order valence-electron chi connectivity index (χ0n) is 13.1. The van der Waals surface area contributed by atoms with Gasteiger partial charge in [0, 0.05) is 0 Å². The van der Waals surface area contributed by atoms with Crippen molar-refractivity contribution >= 4 is 18.3 Å². The maximum atomic E-state index is 12.3. The monoisotopic (exact) mass is 335 g/mol. The number of carbonyl (C=O) groups is 1. The van der Waals surface area contributed by atoms with Gasteiger partial charge in [0.05, 0.1) is 18.3 Å². The average molecular weight is 336 g/mol. The van der Waals surface area contributed by atoms with Crippen LogP contribution in [0.4, 0.5) is 0 Å². The van der Waals surface area contributed by atoms with Crippen LogP contribution in [0.2, 0.25) is 0 Å². The molecule has 2 heterocycles. The van der Waals surface area contributed by atoms with Gasteiger partial charge in [0.15, 0.2) is 5.69 Å². The molecule has 23 heavy (non-hydrogen) atoms. The molecule has 2 N–H and O–H groups in total. The maximum Gasteiger partial charge on any atom is 0.273 e. The molecule has 0 bridgehead atoms. The molecule has 1 aliphatic heterocycles. The zero-order chi connectivity index (χ0) is 15.4. The van der Waals surface area contributed by atoms with Gasteiger partial charge in [0.1, 0.15) is 0 Å². The van der Waals surface area contributed by atoms with Crippen molar-refractivity contribution in [3.63, 3.8) is 0 Å². The number of nitrogens with one attached hydrogen (secondary N) is 2. The lowest BCUT2D eigenvalue weighted by Gasteiger charge is -2.22. The fraction of sp³-hybridized carbons (Fsp3) is 0.438. The van der Waals surface area contributed by atoms with Gasteiger partial charge in [-0.25, -0.2) is 4.68 Å². The molecule has 2 aromatic rings. The third-order valence-corrected chi connectivity index (χ3v) is 4.07. The van der Waals surface area contributed by atoms with Crippen LogP contribution in [0.3, 0.4) is 0 Å². The number of piperidine rings is 1. The van der Waals surface area contributed by atoms with Crippen molar-refractivity contribution in [2.75, 3.05) is 13.1 Å².